The van der Waals surface area contributed by atoms with Crippen LogP contribution in [0.3, 0.4) is 0 Å². The molecule has 2 heteroatoms. The van der Waals surface area contributed by atoms with Crippen LogP contribution < -0.4 is 5.32 Å². The predicted octanol–water partition coefficient (Wildman–Crippen LogP) is 2.95. The lowest BCUT2D eigenvalue weighted by Crippen LogP contribution is -2.43. The first-order valence-corrected chi connectivity index (χ1v) is 7.54. The Balaban J connectivity index is 1.86. The zero-order chi connectivity index (χ0) is 11.9. The molecule has 1 N–H and O–H groups in total. The van der Waals surface area contributed by atoms with Gasteiger partial charge >= 0.3 is 0 Å². The largest absolute Gasteiger partial charge is 0.313 e. The molecule has 0 aromatic heterocycles. The molecular weight excluding hydrogens is 208 g/mol. The van der Waals surface area contributed by atoms with Crippen molar-refractivity contribution in [1.29, 1.82) is 0 Å². The molecule has 0 radical (unpaired) electrons. The molecule has 0 aromatic rings. The molecule has 1 heterocycles. The van der Waals surface area contributed by atoms with E-state index in [4.69, 9.17) is 0 Å². The smallest absolute Gasteiger partial charge is 0.0278 e. The van der Waals surface area contributed by atoms with Gasteiger partial charge in [-0.3, -0.25) is 4.90 Å². The standard InChI is InChI=1S/C15H28N2/c1-2-3-12-17(13-14-8-7-11-16-14)15-9-5-4-6-10-15/h5,9,14-16H,2-4,6-8,10-13H2,1H3. The Morgan fingerprint density at radius 1 is 1.29 bits per heavy atom. The highest BCUT2D eigenvalue weighted by Crippen LogP contribution is 2.19. The number of hydrogen-bond acceptors (Lipinski definition) is 2. The lowest BCUT2D eigenvalue weighted by molar-refractivity contribution is 0.193. The summed E-state index contributed by atoms with van der Waals surface area (Å²) in [5.41, 5.74) is 0. The van der Waals surface area contributed by atoms with Gasteiger partial charge in [0.1, 0.15) is 0 Å². The summed E-state index contributed by atoms with van der Waals surface area (Å²) < 4.78 is 0. The Kier molecular flexibility index (Phi) is 5.53. The summed E-state index contributed by atoms with van der Waals surface area (Å²) in [6.45, 7) is 6.06. The Morgan fingerprint density at radius 3 is 2.88 bits per heavy atom. The zero-order valence-corrected chi connectivity index (χ0v) is 11.3. The van der Waals surface area contributed by atoms with Crippen molar-refractivity contribution < 1.29 is 0 Å². The van der Waals surface area contributed by atoms with Gasteiger partial charge in [0, 0.05) is 18.6 Å². The number of allylic oxidation sites excluding steroid dienone is 1. The molecule has 98 valence electrons. The van der Waals surface area contributed by atoms with Crippen molar-refractivity contribution in [2.75, 3.05) is 19.6 Å². The summed E-state index contributed by atoms with van der Waals surface area (Å²) >= 11 is 0. The molecule has 0 amide bonds. The van der Waals surface area contributed by atoms with Crippen LogP contribution in [0, 0.1) is 0 Å². The van der Waals surface area contributed by atoms with Crippen molar-refractivity contribution in [3.8, 4) is 0 Å². The highest BCUT2D eigenvalue weighted by Gasteiger charge is 2.22. The summed E-state index contributed by atoms with van der Waals surface area (Å²) in [4.78, 5) is 2.72. The molecule has 0 aromatic carbocycles. The van der Waals surface area contributed by atoms with E-state index >= 15 is 0 Å². The van der Waals surface area contributed by atoms with Crippen LogP contribution in [-0.4, -0.2) is 36.6 Å². The second-order valence-corrected chi connectivity index (χ2v) is 5.57. The van der Waals surface area contributed by atoms with E-state index < -0.39 is 0 Å². The molecule has 1 aliphatic heterocycles. The van der Waals surface area contributed by atoms with E-state index in [9.17, 15) is 0 Å². The van der Waals surface area contributed by atoms with Gasteiger partial charge < -0.3 is 5.32 Å². The quantitative estimate of drug-likeness (QED) is 0.713. The SMILES string of the molecule is CCCCN(CC1CCCN1)C1C=CCCC1. The molecule has 2 aliphatic rings. The van der Waals surface area contributed by atoms with Crippen molar-refractivity contribution in [2.45, 2.75) is 64.0 Å². The van der Waals surface area contributed by atoms with Crippen LogP contribution in [0.1, 0.15) is 51.9 Å². The van der Waals surface area contributed by atoms with Gasteiger partial charge in [0.2, 0.25) is 0 Å². The van der Waals surface area contributed by atoms with E-state index in [1.807, 2.05) is 0 Å². The van der Waals surface area contributed by atoms with Crippen molar-refractivity contribution in [3.63, 3.8) is 0 Å². The lowest BCUT2D eigenvalue weighted by atomic mass is 10.00. The van der Waals surface area contributed by atoms with Gasteiger partial charge in [-0.25, -0.2) is 0 Å². The molecule has 0 bridgehead atoms. The van der Waals surface area contributed by atoms with Crippen molar-refractivity contribution in [3.05, 3.63) is 12.2 Å². The monoisotopic (exact) mass is 236 g/mol. The van der Waals surface area contributed by atoms with E-state index in [1.54, 1.807) is 0 Å². The summed E-state index contributed by atoms with van der Waals surface area (Å²) in [6, 6.07) is 1.47. The van der Waals surface area contributed by atoms with Crippen LogP contribution in [0.25, 0.3) is 0 Å². The first-order valence-electron chi connectivity index (χ1n) is 7.54. The zero-order valence-electron chi connectivity index (χ0n) is 11.3. The molecule has 2 nitrogen and oxygen atoms in total. The fourth-order valence-electron chi connectivity index (χ4n) is 3.05. The second-order valence-electron chi connectivity index (χ2n) is 5.57. The predicted molar refractivity (Wildman–Crippen MR) is 74.3 cm³/mol. The normalized spacial score (nSPS) is 29.1. The van der Waals surface area contributed by atoms with E-state index in [1.165, 1.54) is 64.6 Å². The minimum Gasteiger partial charge on any atom is -0.313 e. The van der Waals surface area contributed by atoms with Crippen molar-refractivity contribution >= 4 is 0 Å². The fourth-order valence-corrected chi connectivity index (χ4v) is 3.05. The number of nitrogens with one attached hydrogen (secondary N) is 1. The van der Waals surface area contributed by atoms with Gasteiger partial charge in [-0.1, -0.05) is 25.5 Å². The van der Waals surface area contributed by atoms with Gasteiger partial charge in [-0.2, -0.15) is 0 Å². The fraction of sp³-hybridized carbons (Fsp3) is 0.867. The van der Waals surface area contributed by atoms with Crippen LogP contribution in [0.15, 0.2) is 12.2 Å². The summed E-state index contributed by atoms with van der Waals surface area (Å²) in [5.74, 6) is 0. The third kappa shape index (κ3) is 4.11. The maximum absolute atomic E-state index is 3.64. The van der Waals surface area contributed by atoms with Crippen LogP contribution >= 0.6 is 0 Å². The van der Waals surface area contributed by atoms with E-state index in [0.29, 0.717) is 0 Å². The van der Waals surface area contributed by atoms with Gasteiger partial charge in [0.15, 0.2) is 0 Å². The first-order chi connectivity index (χ1) is 8.40. The van der Waals surface area contributed by atoms with Crippen molar-refractivity contribution in [1.82, 2.24) is 10.2 Å². The van der Waals surface area contributed by atoms with E-state index in [-0.39, 0.29) is 0 Å². The summed E-state index contributed by atoms with van der Waals surface area (Å²) in [7, 11) is 0. The third-order valence-electron chi connectivity index (χ3n) is 4.11. The molecule has 1 fully saturated rings. The van der Waals surface area contributed by atoms with Gasteiger partial charge in [0.05, 0.1) is 0 Å². The molecule has 17 heavy (non-hydrogen) atoms. The molecule has 1 saturated heterocycles. The Labute approximate surface area is 106 Å². The van der Waals surface area contributed by atoms with Gasteiger partial charge in [-0.05, 0) is 51.6 Å². The molecule has 2 atom stereocenters. The topological polar surface area (TPSA) is 15.3 Å². The van der Waals surface area contributed by atoms with E-state index in [0.717, 1.165) is 12.1 Å². The molecule has 0 spiro atoms. The van der Waals surface area contributed by atoms with Crippen molar-refractivity contribution in [2.24, 2.45) is 0 Å². The highest BCUT2D eigenvalue weighted by molar-refractivity contribution is 4.99. The molecule has 1 aliphatic carbocycles. The van der Waals surface area contributed by atoms with Crippen LogP contribution in [0.2, 0.25) is 0 Å². The Morgan fingerprint density at radius 2 is 2.24 bits per heavy atom. The maximum atomic E-state index is 3.64. The molecular formula is C15H28N2. The minimum absolute atomic E-state index is 0.720. The van der Waals surface area contributed by atoms with E-state index in [2.05, 4.69) is 29.3 Å². The Bertz CT molecular complexity index is 231. The number of hydrogen-bond donors (Lipinski definition) is 1. The summed E-state index contributed by atoms with van der Waals surface area (Å²) in [5, 5.41) is 3.64. The molecule has 2 rings (SSSR count). The molecule has 0 saturated carbocycles. The Hall–Kier alpha value is -0.340. The average Bonchev–Trinajstić information content (AvgIpc) is 2.88. The summed E-state index contributed by atoms with van der Waals surface area (Å²) in [6.07, 6.45) is 14.3. The first kappa shape index (κ1) is 13.1. The average molecular weight is 236 g/mol. The second kappa shape index (κ2) is 7.17. The number of rotatable bonds is 6. The van der Waals surface area contributed by atoms with Crippen LogP contribution in [0.5, 0.6) is 0 Å². The molecule has 2 unspecified atom stereocenters. The minimum atomic E-state index is 0.720. The van der Waals surface area contributed by atoms with Gasteiger partial charge in [0.25, 0.3) is 0 Å². The number of nitrogens with zero attached hydrogens (tertiary/aromatic N) is 1. The van der Waals surface area contributed by atoms with Crippen LogP contribution in [-0.2, 0) is 0 Å². The van der Waals surface area contributed by atoms with Gasteiger partial charge in [-0.15, -0.1) is 0 Å². The lowest BCUT2D eigenvalue weighted by Gasteiger charge is -2.33. The van der Waals surface area contributed by atoms with Crippen LogP contribution in [0.4, 0.5) is 0 Å². The maximum Gasteiger partial charge on any atom is 0.0278 e. The third-order valence-corrected chi connectivity index (χ3v) is 4.11. The highest BCUT2D eigenvalue weighted by atomic mass is 15.2. The number of unbranched alkanes of at least 4 members (excludes halogenated alkanes) is 1.